The first-order chi connectivity index (χ1) is 11.9. The van der Waals surface area contributed by atoms with Crippen molar-refractivity contribution < 1.29 is 0 Å². The Morgan fingerprint density at radius 2 is 1.92 bits per heavy atom. The number of rotatable bonds is 6. The van der Waals surface area contributed by atoms with Crippen molar-refractivity contribution in [2.24, 2.45) is 4.99 Å². The number of aryl methyl sites for hydroxylation is 1. The highest BCUT2D eigenvalue weighted by Gasteiger charge is 2.08. The molecule has 0 aliphatic rings. The number of guanidine groups is 1. The highest BCUT2D eigenvalue weighted by molar-refractivity contribution is 14.0. The van der Waals surface area contributed by atoms with Crippen LogP contribution in [0, 0.1) is 6.92 Å². The van der Waals surface area contributed by atoms with Crippen LogP contribution >= 0.6 is 35.3 Å². The van der Waals surface area contributed by atoms with E-state index < -0.39 is 0 Å². The van der Waals surface area contributed by atoms with Crippen LogP contribution in [0.5, 0.6) is 0 Å². The van der Waals surface area contributed by atoms with Gasteiger partial charge in [-0.25, -0.2) is 4.98 Å². The Hall–Kier alpha value is -1.35. The molecule has 0 saturated carbocycles. The summed E-state index contributed by atoms with van der Waals surface area (Å²) in [5, 5.41) is 9.94. The lowest BCUT2D eigenvalue weighted by atomic mass is 10.1. The third kappa shape index (κ3) is 6.42. The van der Waals surface area contributed by atoms with Gasteiger partial charge in [-0.05, 0) is 30.0 Å². The van der Waals surface area contributed by atoms with Gasteiger partial charge < -0.3 is 15.5 Å². The van der Waals surface area contributed by atoms with Gasteiger partial charge in [0.1, 0.15) is 5.01 Å². The Morgan fingerprint density at radius 3 is 2.50 bits per heavy atom. The summed E-state index contributed by atoms with van der Waals surface area (Å²) in [4.78, 5) is 11.1. The summed E-state index contributed by atoms with van der Waals surface area (Å²) in [6.45, 7) is 7.85. The van der Waals surface area contributed by atoms with Crippen LogP contribution in [0.2, 0.25) is 0 Å². The molecular formula is C19H30IN5S. The Balaban J connectivity index is 0.00000338. The van der Waals surface area contributed by atoms with Gasteiger partial charge in [0.05, 0.1) is 12.2 Å². The molecule has 0 bridgehead atoms. The van der Waals surface area contributed by atoms with Crippen LogP contribution in [-0.2, 0) is 13.1 Å². The van der Waals surface area contributed by atoms with Gasteiger partial charge in [-0.2, -0.15) is 0 Å². The lowest BCUT2D eigenvalue weighted by molar-refractivity contribution is 0.784. The van der Waals surface area contributed by atoms with Crippen LogP contribution < -0.4 is 15.5 Å². The zero-order valence-corrected chi connectivity index (χ0v) is 19.6. The molecule has 2 N–H and O–H groups in total. The smallest absolute Gasteiger partial charge is 0.191 e. The van der Waals surface area contributed by atoms with Crippen LogP contribution in [0.15, 0.2) is 28.6 Å². The summed E-state index contributed by atoms with van der Waals surface area (Å²) in [5.74, 6) is 1.25. The van der Waals surface area contributed by atoms with Crippen molar-refractivity contribution >= 4 is 47.0 Å². The number of halogens is 1. The van der Waals surface area contributed by atoms with Crippen molar-refractivity contribution in [3.63, 3.8) is 0 Å². The predicted molar refractivity (Wildman–Crippen MR) is 124 cm³/mol. The standard InChI is InChI=1S/C19H29N5S.HI/c1-13(2)16-12-25-18(23-16)11-22-19(20-4)21-10-15-8-7-14(3)9-17(15)24(5)6;/h7-9,12-13H,10-11H2,1-6H3,(H2,20,21,22);1H. The summed E-state index contributed by atoms with van der Waals surface area (Å²) in [6, 6.07) is 6.51. The molecule has 0 radical (unpaired) electrons. The third-order valence-electron chi connectivity index (χ3n) is 3.96. The Morgan fingerprint density at radius 1 is 1.23 bits per heavy atom. The number of aliphatic imine (C=N–C) groups is 1. The van der Waals surface area contributed by atoms with Crippen LogP contribution in [0.3, 0.4) is 0 Å². The molecule has 2 rings (SSSR count). The van der Waals surface area contributed by atoms with E-state index in [2.05, 4.69) is 84.0 Å². The van der Waals surface area contributed by atoms with Crippen LogP contribution in [-0.4, -0.2) is 32.1 Å². The number of benzene rings is 1. The molecule has 1 heterocycles. The lowest BCUT2D eigenvalue weighted by Crippen LogP contribution is -2.36. The molecule has 5 nitrogen and oxygen atoms in total. The highest BCUT2D eigenvalue weighted by atomic mass is 127. The van der Waals surface area contributed by atoms with Crippen molar-refractivity contribution in [1.29, 1.82) is 0 Å². The van der Waals surface area contributed by atoms with Crippen molar-refractivity contribution in [1.82, 2.24) is 15.6 Å². The van der Waals surface area contributed by atoms with Crippen molar-refractivity contribution in [2.75, 3.05) is 26.0 Å². The molecule has 0 saturated heterocycles. The molecule has 0 aliphatic heterocycles. The fraction of sp³-hybridized carbons (Fsp3) is 0.474. The van der Waals surface area contributed by atoms with Crippen LogP contribution in [0.1, 0.15) is 41.6 Å². The number of nitrogens with zero attached hydrogens (tertiary/aromatic N) is 3. The molecule has 0 aliphatic carbocycles. The topological polar surface area (TPSA) is 52.6 Å². The summed E-state index contributed by atoms with van der Waals surface area (Å²) >= 11 is 1.69. The Bertz CT molecular complexity index is 724. The minimum absolute atomic E-state index is 0. The van der Waals surface area contributed by atoms with Gasteiger partial charge in [-0.3, -0.25) is 4.99 Å². The first-order valence-corrected chi connectivity index (χ1v) is 9.44. The number of nitrogens with one attached hydrogen (secondary N) is 2. The zero-order chi connectivity index (χ0) is 18.4. The van der Waals surface area contributed by atoms with Gasteiger partial charge >= 0.3 is 0 Å². The van der Waals surface area contributed by atoms with E-state index in [1.807, 2.05) is 0 Å². The fourth-order valence-corrected chi connectivity index (χ4v) is 3.37. The number of anilines is 1. The van der Waals surface area contributed by atoms with E-state index in [4.69, 9.17) is 0 Å². The number of hydrogen-bond donors (Lipinski definition) is 2. The Kier molecular flexibility index (Phi) is 9.35. The summed E-state index contributed by atoms with van der Waals surface area (Å²) in [5.41, 5.74) is 4.89. The van der Waals surface area contributed by atoms with Gasteiger partial charge in [0.25, 0.3) is 0 Å². The second kappa shape index (κ2) is 10.7. The quantitative estimate of drug-likeness (QED) is 0.366. The monoisotopic (exact) mass is 487 g/mol. The molecule has 0 fully saturated rings. The van der Waals surface area contributed by atoms with E-state index in [0.29, 0.717) is 12.5 Å². The highest BCUT2D eigenvalue weighted by Crippen LogP contribution is 2.20. The van der Waals surface area contributed by atoms with Gasteiger partial charge in [0.2, 0.25) is 0 Å². The van der Waals surface area contributed by atoms with Gasteiger partial charge in [-0.1, -0.05) is 26.0 Å². The third-order valence-corrected chi connectivity index (χ3v) is 4.83. The minimum atomic E-state index is 0. The SMILES string of the molecule is CN=C(NCc1nc(C(C)C)cs1)NCc1ccc(C)cc1N(C)C.I. The summed E-state index contributed by atoms with van der Waals surface area (Å²) in [6.07, 6.45) is 0. The molecule has 7 heteroatoms. The summed E-state index contributed by atoms with van der Waals surface area (Å²) in [7, 11) is 5.93. The molecule has 26 heavy (non-hydrogen) atoms. The van der Waals surface area contributed by atoms with Gasteiger partial charge in [0, 0.05) is 38.8 Å². The molecular weight excluding hydrogens is 457 g/mol. The van der Waals surface area contributed by atoms with E-state index in [-0.39, 0.29) is 24.0 Å². The minimum Gasteiger partial charge on any atom is -0.377 e. The van der Waals surface area contributed by atoms with Crippen molar-refractivity contribution in [3.8, 4) is 0 Å². The second-order valence-corrected chi connectivity index (χ2v) is 7.57. The maximum absolute atomic E-state index is 4.65. The van der Waals surface area contributed by atoms with E-state index >= 15 is 0 Å². The molecule has 0 spiro atoms. The number of hydrogen-bond acceptors (Lipinski definition) is 4. The maximum atomic E-state index is 4.65. The fourth-order valence-electron chi connectivity index (χ4n) is 2.47. The zero-order valence-electron chi connectivity index (χ0n) is 16.5. The average molecular weight is 487 g/mol. The Labute approximate surface area is 178 Å². The first-order valence-electron chi connectivity index (χ1n) is 8.56. The van der Waals surface area contributed by atoms with Gasteiger partial charge in [-0.15, -0.1) is 35.3 Å². The average Bonchev–Trinajstić information content (AvgIpc) is 3.05. The molecule has 1 aromatic heterocycles. The molecule has 0 amide bonds. The van der Waals surface area contributed by atoms with Crippen LogP contribution in [0.4, 0.5) is 5.69 Å². The van der Waals surface area contributed by atoms with Gasteiger partial charge in [0.15, 0.2) is 5.96 Å². The predicted octanol–water partition coefficient (Wildman–Crippen LogP) is 4.12. The molecule has 0 atom stereocenters. The molecule has 2 aromatic rings. The van der Waals surface area contributed by atoms with E-state index in [1.165, 1.54) is 16.8 Å². The summed E-state index contributed by atoms with van der Waals surface area (Å²) < 4.78 is 0. The number of aromatic nitrogens is 1. The lowest BCUT2D eigenvalue weighted by Gasteiger charge is -2.19. The van der Waals surface area contributed by atoms with E-state index in [1.54, 1.807) is 18.4 Å². The maximum Gasteiger partial charge on any atom is 0.191 e. The molecule has 0 unspecified atom stereocenters. The first kappa shape index (κ1) is 22.7. The van der Waals surface area contributed by atoms with Crippen LogP contribution in [0.25, 0.3) is 0 Å². The molecule has 144 valence electrons. The van der Waals surface area contributed by atoms with E-state index in [0.717, 1.165) is 23.2 Å². The second-order valence-electron chi connectivity index (χ2n) is 6.63. The van der Waals surface area contributed by atoms with Crippen molar-refractivity contribution in [3.05, 3.63) is 45.4 Å². The van der Waals surface area contributed by atoms with Crippen molar-refractivity contribution in [2.45, 2.75) is 39.8 Å². The van der Waals surface area contributed by atoms with E-state index in [9.17, 15) is 0 Å². The number of thiazole rings is 1. The molecule has 1 aromatic carbocycles. The largest absolute Gasteiger partial charge is 0.377 e. The normalized spacial score (nSPS) is 11.3.